The summed E-state index contributed by atoms with van der Waals surface area (Å²) in [7, 11) is 0. The van der Waals surface area contributed by atoms with Crippen molar-refractivity contribution in [1.29, 1.82) is 0 Å². The molecule has 8 heteroatoms. The van der Waals surface area contributed by atoms with E-state index in [4.69, 9.17) is 0 Å². The number of nitrogens with one attached hydrogen (secondary N) is 1. The summed E-state index contributed by atoms with van der Waals surface area (Å²) in [4.78, 5) is 37.5. The molecule has 1 saturated heterocycles. The van der Waals surface area contributed by atoms with Gasteiger partial charge in [0.05, 0.1) is 11.3 Å². The van der Waals surface area contributed by atoms with Crippen LogP contribution in [0.4, 0.5) is 17.3 Å². The van der Waals surface area contributed by atoms with Crippen molar-refractivity contribution in [2.24, 2.45) is 0 Å². The summed E-state index contributed by atoms with van der Waals surface area (Å²) in [6, 6.07) is 14.1. The summed E-state index contributed by atoms with van der Waals surface area (Å²) in [6.07, 6.45) is 4.36. The normalized spacial score (nSPS) is 14.0. The average molecular weight is 431 g/mol. The number of amides is 1. The van der Waals surface area contributed by atoms with Gasteiger partial charge >= 0.3 is 5.97 Å². The lowest BCUT2D eigenvalue weighted by Gasteiger charge is -2.24. The molecule has 2 N–H and O–H groups in total. The van der Waals surface area contributed by atoms with Crippen LogP contribution in [-0.4, -0.2) is 53.1 Å². The number of hydrogen-bond acceptors (Lipinski definition) is 6. The van der Waals surface area contributed by atoms with Crippen molar-refractivity contribution >= 4 is 29.2 Å². The molecular formula is C24H25N5O3. The minimum Gasteiger partial charge on any atom is -0.478 e. The van der Waals surface area contributed by atoms with Crippen molar-refractivity contribution in [2.75, 3.05) is 41.3 Å². The number of carboxylic acids is 1. The molecule has 32 heavy (non-hydrogen) atoms. The first-order valence-corrected chi connectivity index (χ1v) is 10.5. The predicted octanol–water partition coefficient (Wildman–Crippen LogP) is 3.45. The Morgan fingerprint density at radius 2 is 1.69 bits per heavy atom. The molecule has 1 amide bonds. The predicted molar refractivity (Wildman–Crippen MR) is 124 cm³/mol. The number of hydrogen-bond donors (Lipinski definition) is 2. The van der Waals surface area contributed by atoms with Gasteiger partial charge in [-0.25, -0.2) is 14.8 Å². The van der Waals surface area contributed by atoms with Crippen LogP contribution in [0.3, 0.4) is 0 Å². The summed E-state index contributed by atoms with van der Waals surface area (Å²) in [6.45, 7) is 4.97. The molecule has 0 spiro atoms. The van der Waals surface area contributed by atoms with Gasteiger partial charge in [0.1, 0.15) is 0 Å². The van der Waals surface area contributed by atoms with Gasteiger partial charge in [-0.15, -0.1) is 0 Å². The third-order valence-corrected chi connectivity index (χ3v) is 5.46. The van der Waals surface area contributed by atoms with E-state index in [-0.39, 0.29) is 17.2 Å². The molecule has 0 saturated carbocycles. The molecule has 1 aliphatic heterocycles. The van der Waals surface area contributed by atoms with Crippen LogP contribution in [0, 0.1) is 6.92 Å². The molecule has 0 radical (unpaired) electrons. The highest BCUT2D eigenvalue weighted by molar-refractivity contribution is 6.08. The van der Waals surface area contributed by atoms with E-state index in [1.807, 2.05) is 19.1 Å². The summed E-state index contributed by atoms with van der Waals surface area (Å²) in [5, 5.41) is 12.5. The van der Waals surface area contributed by atoms with Gasteiger partial charge in [-0.05, 0) is 49.7 Å². The van der Waals surface area contributed by atoms with Gasteiger partial charge in [-0.1, -0.05) is 17.7 Å². The lowest BCUT2D eigenvalue weighted by atomic mass is 10.1. The van der Waals surface area contributed by atoms with E-state index in [9.17, 15) is 14.7 Å². The van der Waals surface area contributed by atoms with Gasteiger partial charge in [-0.3, -0.25) is 4.79 Å². The van der Waals surface area contributed by atoms with E-state index in [1.165, 1.54) is 0 Å². The zero-order valence-corrected chi connectivity index (χ0v) is 17.9. The van der Waals surface area contributed by atoms with E-state index in [2.05, 4.69) is 25.1 Å². The monoisotopic (exact) mass is 431 g/mol. The molecule has 164 valence electrons. The lowest BCUT2D eigenvalue weighted by molar-refractivity contribution is 0.0698. The van der Waals surface area contributed by atoms with Crippen molar-refractivity contribution in [2.45, 2.75) is 13.3 Å². The Kier molecular flexibility index (Phi) is 6.30. The van der Waals surface area contributed by atoms with Crippen molar-refractivity contribution < 1.29 is 14.7 Å². The van der Waals surface area contributed by atoms with E-state index >= 15 is 0 Å². The van der Waals surface area contributed by atoms with E-state index in [0.29, 0.717) is 18.1 Å². The average Bonchev–Trinajstić information content (AvgIpc) is 3.06. The molecule has 0 aliphatic carbocycles. The molecule has 8 nitrogen and oxygen atoms in total. The van der Waals surface area contributed by atoms with Gasteiger partial charge in [0, 0.05) is 49.8 Å². The number of aromatic carboxylic acids is 1. The molecular weight excluding hydrogens is 406 g/mol. The fourth-order valence-electron chi connectivity index (χ4n) is 3.83. The quantitative estimate of drug-likeness (QED) is 0.638. The van der Waals surface area contributed by atoms with Crippen LogP contribution >= 0.6 is 0 Å². The number of carbonyl (C=O) groups excluding carboxylic acids is 1. The molecule has 1 aromatic heterocycles. The number of aromatic nitrogens is 2. The zero-order chi connectivity index (χ0) is 22.5. The van der Waals surface area contributed by atoms with Crippen LogP contribution in [0.2, 0.25) is 0 Å². The first-order valence-electron chi connectivity index (χ1n) is 10.5. The fraction of sp³-hybridized carbons (Fsp3) is 0.250. The highest BCUT2D eigenvalue weighted by Gasteiger charge is 2.20. The van der Waals surface area contributed by atoms with Crippen LogP contribution in [-0.2, 0) is 0 Å². The molecule has 3 aromatic rings. The van der Waals surface area contributed by atoms with E-state index < -0.39 is 5.97 Å². The van der Waals surface area contributed by atoms with Crippen LogP contribution < -0.4 is 15.1 Å². The molecule has 1 aliphatic rings. The maximum absolute atomic E-state index is 12.6. The van der Waals surface area contributed by atoms with Gasteiger partial charge in [0.15, 0.2) is 0 Å². The summed E-state index contributed by atoms with van der Waals surface area (Å²) in [5.41, 5.74) is 2.60. The van der Waals surface area contributed by atoms with Crippen LogP contribution in [0.5, 0.6) is 0 Å². The van der Waals surface area contributed by atoms with Crippen molar-refractivity contribution in [3.63, 3.8) is 0 Å². The Morgan fingerprint density at radius 1 is 0.938 bits per heavy atom. The van der Waals surface area contributed by atoms with Gasteiger partial charge in [0.2, 0.25) is 5.95 Å². The summed E-state index contributed by atoms with van der Waals surface area (Å²) < 4.78 is 0. The third-order valence-electron chi connectivity index (χ3n) is 5.46. The molecule has 2 aromatic carbocycles. The second kappa shape index (κ2) is 9.47. The van der Waals surface area contributed by atoms with Crippen molar-refractivity contribution in [3.8, 4) is 0 Å². The van der Waals surface area contributed by atoms with Gasteiger partial charge in [0.25, 0.3) is 5.91 Å². The number of nitrogens with zero attached hydrogens (tertiary/aromatic N) is 4. The first-order chi connectivity index (χ1) is 15.5. The number of carboxylic acid groups (broad SMARTS) is 1. The number of rotatable bonds is 5. The molecule has 1 fully saturated rings. The lowest BCUT2D eigenvalue weighted by Crippen LogP contribution is -2.31. The Hall–Kier alpha value is -3.94. The smallest absolute Gasteiger partial charge is 0.337 e. The van der Waals surface area contributed by atoms with Crippen LogP contribution in [0.1, 0.15) is 32.7 Å². The van der Waals surface area contributed by atoms with E-state index in [1.54, 1.807) is 48.8 Å². The van der Waals surface area contributed by atoms with Gasteiger partial charge < -0.3 is 20.2 Å². The largest absolute Gasteiger partial charge is 0.478 e. The molecule has 0 bridgehead atoms. The molecule has 0 unspecified atom stereocenters. The number of anilines is 3. The minimum absolute atomic E-state index is 0.0657. The Morgan fingerprint density at radius 3 is 2.44 bits per heavy atom. The zero-order valence-electron chi connectivity index (χ0n) is 17.9. The fourth-order valence-corrected chi connectivity index (χ4v) is 3.83. The Labute approximate surface area is 186 Å². The first kappa shape index (κ1) is 21.3. The van der Waals surface area contributed by atoms with Crippen molar-refractivity contribution in [3.05, 3.63) is 77.6 Å². The number of carbonyl (C=O) groups is 2. The molecule has 4 rings (SSSR count). The second-order valence-electron chi connectivity index (χ2n) is 7.74. The molecule has 2 heterocycles. The minimum atomic E-state index is -1.08. The van der Waals surface area contributed by atoms with Crippen LogP contribution in [0.15, 0.2) is 60.9 Å². The second-order valence-corrected chi connectivity index (χ2v) is 7.74. The molecule has 0 atom stereocenters. The van der Waals surface area contributed by atoms with E-state index in [0.717, 1.165) is 37.3 Å². The highest BCUT2D eigenvalue weighted by atomic mass is 16.4. The highest BCUT2D eigenvalue weighted by Crippen LogP contribution is 2.25. The van der Waals surface area contributed by atoms with Crippen LogP contribution in [0.25, 0.3) is 0 Å². The number of benzene rings is 2. The number of aryl methyl sites for hydroxylation is 1. The summed E-state index contributed by atoms with van der Waals surface area (Å²) >= 11 is 0. The maximum atomic E-state index is 12.6. The maximum Gasteiger partial charge on any atom is 0.337 e. The Bertz CT molecular complexity index is 1120. The Balaban J connectivity index is 1.51. The standard InChI is InChI=1S/C24H25N5O3/c1-17-5-2-6-18(15-17)22(30)27-21-8-7-19(16-20(21)23(31)32)28-11-4-12-29(14-13-28)24-25-9-3-10-26-24/h2-3,5-10,15-16H,4,11-14H2,1H3,(H,27,30)(H,31,32). The topological polar surface area (TPSA) is 98.7 Å². The summed E-state index contributed by atoms with van der Waals surface area (Å²) in [5.74, 6) is -0.715. The third kappa shape index (κ3) is 4.85. The van der Waals surface area contributed by atoms with Gasteiger partial charge in [-0.2, -0.15) is 0 Å². The SMILES string of the molecule is Cc1cccc(C(=O)Nc2ccc(N3CCCN(c4ncccn4)CC3)cc2C(=O)O)c1. The van der Waals surface area contributed by atoms with Crippen molar-refractivity contribution in [1.82, 2.24) is 9.97 Å².